The number of ether oxygens (including phenoxy) is 1. The smallest absolute Gasteiger partial charge is 0.390 e. The highest BCUT2D eigenvalue weighted by molar-refractivity contribution is 7.80. The highest BCUT2D eigenvalue weighted by atomic mass is 32.3. The molecular formula is C6H13NO8S. The molecule has 96 valence electrons. The normalized spacial score (nSPS) is 38.3. The summed E-state index contributed by atoms with van der Waals surface area (Å²) < 4.78 is 37.7. The third-order valence-electron chi connectivity index (χ3n) is 2.04. The SMILES string of the molecule is N[C@H](OS(=O)(=O)O)[C@H]1O[C@H](O)C[C@@H](O)[C@@H]1O. The van der Waals surface area contributed by atoms with Crippen molar-refractivity contribution in [2.75, 3.05) is 0 Å². The van der Waals surface area contributed by atoms with Crippen molar-refractivity contribution >= 4 is 10.4 Å². The van der Waals surface area contributed by atoms with E-state index in [0.717, 1.165) is 0 Å². The molecule has 0 bridgehead atoms. The van der Waals surface area contributed by atoms with Crippen molar-refractivity contribution in [3.63, 3.8) is 0 Å². The average molecular weight is 259 g/mol. The van der Waals surface area contributed by atoms with Crippen molar-refractivity contribution in [2.45, 2.75) is 37.3 Å². The van der Waals surface area contributed by atoms with Gasteiger partial charge in [0.2, 0.25) is 0 Å². The first kappa shape index (κ1) is 13.7. The van der Waals surface area contributed by atoms with Gasteiger partial charge in [0.05, 0.1) is 6.10 Å². The lowest BCUT2D eigenvalue weighted by Crippen LogP contribution is -2.56. The largest absolute Gasteiger partial charge is 0.398 e. The molecule has 0 spiro atoms. The molecule has 0 radical (unpaired) electrons. The van der Waals surface area contributed by atoms with Crippen LogP contribution in [-0.2, 0) is 19.3 Å². The summed E-state index contributed by atoms with van der Waals surface area (Å²) in [5.74, 6) is 0. The van der Waals surface area contributed by atoms with Gasteiger partial charge in [-0.1, -0.05) is 0 Å². The molecule has 0 saturated carbocycles. The molecular weight excluding hydrogens is 246 g/mol. The standard InChI is InChI=1S/C6H13NO8S/c7-6(15-16(11,12)13)5-4(10)2(8)1-3(9)14-5/h2-6,8-10H,1,7H2,(H,11,12,13)/t2-,3+,4+,5+,6-/m1/s1. The summed E-state index contributed by atoms with van der Waals surface area (Å²) >= 11 is 0. The summed E-state index contributed by atoms with van der Waals surface area (Å²) in [7, 11) is -4.81. The third-order valence-corrected chi connectivity index (χ3v) is 2.51. The second kappa shape index (κ2) is 4.89. The van der Waals surface area contributed by atoms with Crippen LogP contribution in [0.3, 0.4) is 0 Å². The molecule has 0 aromatic heterocycles. The fraction of sp³-hybridized carbons (Fsp3) is 1.00. The molecule has 0 aliphatic carbocycles. The topological polar surface area (TPSA) is 160 Å². The lowest BCUT2D eigenvalue weighted by Gasteiger charge is -2.36. The molecule has 0 aromatic carbocycles. The Hall–Kier alpha value is -0.330. The first-order valence-corrected chi connectivity index (χ1v) is 5.68. The van der Waals surface area contributed by atoms with Gasteiger partial charge in [0, 0.05) is 6.42 Å². The number of rotatable bonds is 3. The monoisotopic (exact) mass is 259 g/mol. The molecule has 1 rings (SSSR count). The summed E-state index contributed by atoms with van der Waals surface area (Å²) in [5, 5.41) is 27.8. The second-order valence-electron chi connectivity index (χ2n) is 3.34. The molecule has 9 nitrogen and oxygen atoms in total. The maximum absolute atomic E-state index is 10.3. The quantitative estimate of drug-likeness (QED) is 0.261. The van der Waals surface area contributed by atoms with Crippen molar-refractivity contribution < 1.29 is 37.2 Å². The van der Waals surface area contributed by atoms with E-state index in [1.807, 2.05) is 0 Å². The van der Waals surface area contributed by atoms with Gasteiger partial charge in [-0.2, -0.15) is 8.42 Å². The Balaban J connectivity index is 2.70. The van der Waals surface area contributed by atoms with E-state index in [-0.39, 0.29) is 6.42 Å². The van der Waals surface area contributed by atoms with Gasteiger partial charge >= 0.3 is 10.4 Å². The van der Waals surface area contributed by atoms with Crippen LogP contribution in [0.2, 0.25) is 0 Å². The summed E-state index contributed by atoms with van der Waals surface area (Å²) in [4.78, 5) is 0. The molecule has 1 saturated heterocycles. The summed E-state index contributed by atoms with van der Waals surface area (Å²) in [6, 6.07) is 0. The van der Waals surface area contributed by atoms with Crippen molar-refractivity contribution in [1.29, 1.82) is 0 Å². The molecule has 1 aliphatic rings. The minimum absolute atomic E-state index is 0.240. The average Bonchev–Trinajstić information content (AvgIpc) is 2.08. The number of aliphatic hydroxyl groups excluding tert-OH is 3. The minimum Gasteiger partial charge on any atom is -0.390 e. The van der Waals surface area contributed by atoms with Gasteiger partial charge in [-0.3, -0.25) is 4.55 Å². The van der Waals surface area contributed by atoms with Crippen molar-refractivity contribution in [3.8, 4) is 0 Å². The fourth-order valence-corrected chi connectivity index (χ4v) is 1.74. The van der Waals surface area contributed by atoms with Gasteiger partial charge in [0.25, 0.3) is 0 Å². The Morgan fingerprint density at radius 1 is 1.38 bits per heavy atom. The van der Waals surface area contributed by atoms with E-state index in [2.05, 4.69) is 4.18 Å². The van der Waals surface area contributed by atoms with Gasteiger partial charge in [0.15, 0.2) is 12.5 Å². The van der Waals surface area contributed by atoms with Gasteiger partial charge < -0.3 is 25.8 Å². The first-order chi connectivity index (χ1) is 7.20. The number of hydrogen-bond donors (Lipinski definition) is 5. The summed E-state index contributed by atoms with van der Waals surface area (Å²) in [6.07, 6.45) is -7.71. The zero-order chi connectivity index (χ0) is 12.5. The van der Waals surface area contributed by atoms with Crippen molar-refractivity contribution in [3.05, 3.63) is 0 Å². The Kier molecular flexibility index (Phi) is 4.20. The molecule has 10 heteroatoms. The Morgan fingerprint density at radius 2 is 1.94 bits per heavy atom. The van der Waals surface area contributed by atoms with Crippen LogP contribution in [-0.4, -0.2) is 59.1 Å². The Bertz CT molecular complexity index is 331. The Labute approximate surface area is 91.3 Å². The molecule has 1 heterocycles. The van der Waals surface area contributed by atoms with E-state index in [9.17, 15) is 18.6 Å². The molecule has 0 amide bonds. The third kappa shape index (κ3) is 3.61. The summed E-state index contributed by atoms with van der Waals surface area (Å²) in [6.45, 7) is 0. The molecule has 0 aromatic rings. The van der Waals surface area contributed by atoms with Crippen LogP contribution in [0.1, 0.15) is 6.42 Å². The van der Waals surface area contributed by atoms with Crippen molar-refractivity contribution in [2.24, 2.45) is 5.73 Å². The molecule has 0 unspecified atom stereocenters. The molecule has 6 N–H and O–H groups in total. The summed E-state index contributed by atoms with van der Waals surface area (Å²) in [5.41, 5.74) is 5.18. The van der Waals surface area contributed by atoms with E-state index < -0.39 is 41.2 Å². The highest BCUT2D eigenvalue weighted by Crippen LogP contribution is 2.21. The van der Waals surface area contributed by atoms with Crippen LogP contribution in [0.4, 0.5) is 0 Å². The van der Waals surface area contributed by atoms with Crippen LogP contribution in [0, 0.1) is 0 Å². The second-order valence-corrected chi connectivity index (χ2v) is 4.39. The number of hydrogen-bond acceptors (Lipinski definition) is 8. The van der Waals surface area contributed by atoms with E-state index in [1.165, 1.54) is 0 Å². The zero-order valence-corrected chi connectivity index (χ0v) is 8.82. The molecule has 1 aliphatic heterocycles. The van der Waals surface area contributed by atoms with Crippen LogP contribution in [0.5, 0.6) is 0 Å². The van der Waals surface area contributed by atoms with Gasteiger partial charge in [-0.15, -0.1) is 0 Å². The van der Waals surface area contributed by atoms with Crippen LogP contribution in [0.25, 0.3) is 0 Å². The molecule has 1 fully saturated rings. The van der Waals surface area contributed by atoms with Crippen LogP contribution < -0.4 is 5.73 Å². The minimum atomic E-state index is -4.81. The lowest BCUT2D eigenvalue weighted by atomic mass is 10.0. The Morgan fingerprint density at radius 3 is 2.44 bits per heavy atom. The van der Waals surface area contributed by atoms with Crippen LogP contribution >= 0.6 is 0 Å². The maximum atomic E-state index is 10.3. The zero-order valence-electron chi connectivity index (χ0n) is 8.00. The highest BCUT2D eigenvalue weighted by Gasteiger charge is 2.41. The predicted octanol–water partition coefficient (Wildman–Crippen LogP) is -3.08. The van der Waals surface area contributed by atoms with E-state index in [4.69, 9.17) is 20.1 Å². The van der Waals surface area contributed by atoms with E-state index in [1.54, 1.807) is 0 Å². The lowest BCUT2D eigenvalue weighted by molar-refractivity contribution is -0.250. The molecule has 16 heavy (non-hydrogen) atoms. The van der Waals surface area contributed by atoms with Gasteiger partial charge in [-0.25, -0.2) is 4.18 Å². The number of aliphatic hydroxyl groups is 3. The number of nitrogens with two attached hydrogens (primary N) is 1. The predicted molar refractivity (Wildman–Crippen MR) is 48.1 cm³/mol. The maximum Gasteiger partial charge on any atom is 0.398 e. The first-order valence-electron chi connectivity index (χ1n) is 4.31. The van der Waals surface area contributed by atoms with Gasteiger partial charge in [0.1, 0.15) is 12.2 Å². The van der Waals surface area contributed by atoms with Crippen LogP contribution in [0.15, 0.2) is 0 Å². The van der Waals surface area contributed by atoms with Crippen molar-refractivity contribution in [1.82, 2.24) is 0 Å². The molecule has 5 atom stereocenters. The fourth-order valence-electron chi connectivity index (χ4n) is 1.35. The van der Waals surface area contributed by atoms with Gasteiger partial charge in [-0.05, 0) is 0 Å². The van der Waals surface area contributed by atoms with E-state index in [0.29, 0.717) is 0 Å². The van der Waals surface area contributed by atoms with E-state index >= 15 is 0 Å².